The lowest BCUT2D eigenvalue weighted by Crippen LogP contribution is -2.68. The quantitative estimate of drug-likeness (QED) is 0.397. The first kappa shape index (κ1) is 26.1. The predicted molar refractivity (Wildman–Crippen MR) is 115 cm³/mol. The van der Waals surface area contributed by atoms with Crippen LogP contribution >= 0.6 is 0 Å². The Kier molecular flexibility index (Phi) is 8.11. The van der Waals surface area contributed by atoms with Crippen molar-refractivity contribution in [2.45, 2.75) is 0 Å². The van der Waals surface area contributed by atoms with Gasteiger partial charge in [-0.05, 0) is 29.8 Å². The number of likely N-dealkylation sites (N-methyl/N-ethyl adjacent to an activating group) is 1. The smallest absolute Gasteiger partial charge is 0.212 e. The zero-order valence-corrected chi connectivity index (χ0v) is 19.4. The third-order valence-electron chi connectivity index (χ3n) is 5.21. The van der Waals surface area contributed by atoms with Crippen LogP contribution in [0.15, 0.2) is 96.0 Å². The van der Waals surface area contributed by atoms with Crippen LogP contribution in [0.3, 0.4) is 0 Å². The summed E-state index contributed by atoms with van der Waals surface area (Å²) in [6, 6.07) is 18.6. The first-order chi connectivity index (χ1) is 16.5. The zero-order valence-electron chi connectivity index (χ0n) is 18.6. The number of halogens is 4. The van der Waals surface area contributed by atoms with Gasteiger partial charge in [-0.15, -0.1) is 10.2 Å². The van der Waals surface area contributed by atoms with Crippen molar-refractivity contribution >= 4 is 28.7 Å². The van der Waals surface area contributed by atoms with Crippen molar-refractivity contribution in [1.82, 2.24) is 0 Å². The van der Waals surface area contributed by atoms with E-state index in [1.54, 1.807) is 35.7 Å². The number of nitrogens with zero attached hydrogens (tertiary/aromatic N) is 2. The van der Waals surface area contributed by atoms with E-state index in [-0.39, 0.29) is 0 Å². The molecule has 10 heteroatoms. The number of para-hydroxylation sites is 2. The number of rotatable bonds is 3. The third kappa shape index (κ3) is 6.78. The highest BCUT2D eigenvalue weighted by Gasteiger charge is 2.18. The van der Waals surface area contributed by atoms with E-state index in [0.717, 1.165) is 34.3 Å². The molecular weight excluding hydrogens is 485 g/mol. The summed E-state index contributed by atoms with van der Waals surface area (Å²) in [5.41, 5.74) is 3.53. The molecule has 35 heavy (non-hydrogen) atoms. The molecule has 2 aromatic carbocycles. The lowest BCUT2D eigenvalue weighted by Gasteiger charge is -2.26. The van der Waals surface area contributed by atoms with E-state index in [1.807, 2.05) is 60.7 Å². The molecular formula is C25H20ClF3N2O4. The number of aryl methyl sites for hydroxylation is 1. The molecule has 0 radical (unpaired) electrons. The summed E-state index contributed by atoms with van der Waals surface area (Å²) in [4.78, 5) is 1.73. The molecule has 0 N–H and O–H groups in total. The number of aromatic nitrogens is 1. The van der Waals surface area contributed by atoms with E-state index in [1.165, 1.54) is 0 Å². The van der Waals surface area contributed by atoms with Crippen LogP contribution in [0.2, 0.25) is 0 Å². The second-order valence-electron chi connectivity index (χ2n) is 7.43. The number of benzene rings is 2. The SMILES string of the molecule is CN1/C(=C/C(F)=C(F)/C(F)=C\c2ccc3ccccc3[n+]2C)C=Cc2ccccc21.[O-][Cl+3]([O-])([O-])[O-]. The van der Waals surface area contributed by atoms with Gasteiger partial charge in [-0.25, -0.2) is 31.8 Å². The summed E-state index contributed by atoms with van der Waals surface area (Å²) in [7, 11) is -1.44. The number of pyridine rings is 1. The van der Waals surface area contributed by atoms with Gasteiger partial charge in [0.05, 0.1) is 0 Å². The van der Waals surface area contributed by atoms with Gasteiger partial charge in [0.25, 0.3) is 0 Å². The highest BCUT2D eigenvalue weighted by molar-refractivity contribution is 5.77. The van der Waals surface area contributed by atoms with Crippen LogP contribution in [-0.2, 0) is 7.05 Å². The van der Waals surface area contributed by atoms with Gasteiger partial charge in [0.1, 0.15) is 7.05 Å². The Hall–Kier alpha value is -3.47. The molecule has 1 aliphatic rings. The maximum absolute atomic E-state index is 14.5. The van der Waals surface area contributed by atoms with Crippen molar-refractivity contribution in [3.05, 3.63) is 107 Å². The molecule has 0 amide bonds. The van der Waals surface area contributed by atoms with Gasteiger partial charge in [-0.2, -0.15) is 4.57 Å². The van der Waals surface area contributed by atoms with Crippen LogP contribution in [0.25, 0.3) is 23.1 Å². The van der Waals surface area contributed by atoms with Gasteiger partial charge < -0.3 is 4.90 Å². The van der Waals surface area contributed by atoms with Crippen molar-refractivity contribution in [2.24, 2.45) is 7.05 Å². The van der Waals surface area contributed by atoms with Crippen molar-refractivity contribution < 1.29 is 46.6 Å². The third-order valence-corrected chi connectivity index (χ3v) is 5.21. The molecule has 182 valence electrons. The van der Waals surface area contributed by atoms with Crippen LogP contribution in [-0.4, -0.2) is 7.05 Å². The number of fused-ring (bicyclic) bond motifs is 2. The molecule has 3 aromatic rings. The van der Waals surface area contributed by atoms with E-state index < -0.39 is 27.7 Å². The average molecular weight is 505 g/mol. The number of hydrogen-bond donors (Lipinski definition) is 0. The molecule has 0 spiro atoms. The van der Waals surface area contributed by atoms with Crippen molar-refractivity contribution in [2.75, 3.05) is 11.9 Å². The molecule has 1 aliphatic heterocycles. The zero-order chi connectivity index (χ0) is 25.8. The topological polar surface area (TPSA) is 99.4 Å². The van der Waals surface area contributed by atoms with Gasteiger partial charge in [0.15, 0.2) is 17.5 Å². The van der Waals surface area contributed by atoms with Gasteiger partial charge in [0, 0.05) is 48.1 Å². The van der Waals surface area contributed by atoms with Gasteiger partial charge in [-0.3, -0.25) is 0 Å². The highest BCUT2D eigenvalue weighted by atomic mass is 35.7. The van der Waals surface area contributed by atoms with E-state index >= 15 is 0 Å². The molecule has 1 aromatic heterocycles. The first-order valence-electron chi connectivity index (χ1n) is 10.1. The summed E-state index contributed by atoms with van der Waals surface area (Å²) < 4.78 is 79.2. The molecule has 0 aliphatic carbocycles. The second-order valence-corrected chi connectivity index (χ2v) is 8.18. The Morgan fingerprint density at radius 1 is 0.886 bits per heavy atom. The molecule has 0 atom stereocenters. The molecule has 6 nitrogen and oxygen atoms in total. The predicted octanol–water partition coefficient (Wildman–Crippen LogP) is 1.42. The summed E-state index contributed by atoms with van der Waals surface area (Å²) in [6.07, 6.45) is 5.47. The minimum atomic E-state index is -4.94. The Labute approximate surface area is 201 Å². The Bertz CT molecular complexity index is 1360. The molecule has 2 heterocycles. The van der Waals surface area contributed by atoms with Crippen LogP contribution in [0, 0.1) is 10.2 Å². The lowest BCUT2D eigenvalue weighted by molar-refractivity contribution is -2.00. The molecule has 0 bridgehead atoms. The summed E-state index contributed by atoms with van der Waals surface area (Å²) in [5, 5.41) is 0.969. The number of anilines is 1. The van der Waals surface area contributed by atoms with Crippen LogP contribution < -0.4 is 28.1 Å². The minimum Gasteiger partial charge on any atom is -0.344 e. The summed E-state index contributed by atoms with van der Waals surface area (Å²) >= 11 is 0. The lowest BCUT2D eigenvalue weighted by atomic mass is 10.1. The molecule has 0 saturated carbocycles. The average Bonchev–Trinajstić information content (AvgIpc) is 2.81. The fourth-order valence-electron chi connectivity index (χ4n) is 3.51. The fraction of sp³-hybridized carbons (Fsp3) is 0.0800. The van der Waals surface area contributed by atoms with Crippen molar-refractivity contribution in [1.29, 1.82) is 0 Å². The highest BCUT2D eigenvalue weighted by Crippen LogP contribution is 2.31. The maximum atomic E-state index is 14.5. The minimum absolute atomic E-state index is 0.422. The standard InChI is InChI=1S/C25H20F3N2.ClHO4/c1-29-19(13-11-17-7-3-5-9-23(17)29)15-21(26)25(28)22(27)16-20-14-12-18-8-4-6-10-24(18)30(20)2;2-1(3,4)5/h3-16H,1-2H3;(H,2,3,4,5)/q+1;/p-1. The molecule has 0 saturated heterocycles. The van der Waals surface area contributed by atoms with E-state index in [0.29, 0.717) is 11.4 Å². The Balaban J connectivity index is 0.000000623. The van der Waals surface area contributed by atoms with Gasteiger partial charge >= 0.3 is 0 Å². The summed E-state index contributed by atoms with van der Waals surface area (Å²) in [6.45, 7) is 0. The van der Waals surface area contributed by atoms with E-state index in [4.69, 9.17) is 18.6 Å². The van der Waals surface area contributed by atoms with Crippen molar-refractivity contribution in [3.63, 3.8) is 0 Å². The molecule has 4 rings (SSSR count). The Morgan fingerprint density at radius 3 is 2.23 bits per heavy atom. The second kappa shape index (κ2) is 10.9. The number of allylic oxidation sites excluding steroid dienone is 5. The monoisotopic (exact) mass is 504 g/mol. The van der Waals surface area contributed by atoms with E-state index in [2.05, 4.69) is 0 Å². The van der Waals surface area contributed by atoms with Crippen LogP contribution in [0.5, 0.6) is 0 Å². The first-order valence-corrected chi connectivity index (χ1v) is 11.3. The van der Waals surface area contributed by atoms with Crippen LogP contribution in [0.4, 0.5) is 18.9 Å². The molecule has 0 unspecified atom stereocenters. The Morgan fingerprint density at radius 2 is 1.51 bits per heavy atom. The van der Waals surface area contributed by atoms with E-state index in [9.17, 15) is 13.2 Å². The molecule has 0 fully saturated rings. The largest absolute Gasteiger partial charge is 0.344 e. The summed E-state index contributed by atoms with van der Waals surface area (Å²) in [5.74, 6) is -4.06. The normalized spacial score (nSPS) is 15.5. The van der Waals surface area contributed by atoms with Gasteiger partial charge in [0.2, 0.25) is 11.2 Å². The number of hydrogen-bond acceptors (Lipinski definition) is 5. The maximum Gasteiger partial charge on any atom is 0.212 e. The van der Waals surface area contributed by atoms with Crippen molar-refractivity contribution in [3.8, 4) is 0 Å². The van der Waals surface area contributed by atoms with Gasteiger partial charge in [-0.1, -0.05) is 36.4 Å². The van der Waals surface area contributed by atoms with Crippen LogP contribution in [0.1, 0.15) is 11.3 Å². The fourth-order valence-corrected chi connectivity index (χ4v) is 3.51.